The second-order valence-corrected chi connectivity index (χ2v) is 3.69. The third-order valence-electron chi connectivity index (χ3n) is 2.61. The predicted molar refractivity (Wildman–Crippen MR) is 62.8 cm³/mol. The fourth-order valence-electron chi connectivity index (χ4n) is 1.79. The van der Waals surface area contributed by atoms with Crippen molar-refractivity contribution in [2.45, 2.75) is 6.92 Å². The van der Waals surface area contributed by atoms with Crippen LogP contribution in [0.5, 0.6) is 5.75 Å². The fraction of sp³-hybridized carbons (Fsp3) is 0.167. The average Bonchev–Trinajstić information content (AvgIpc) is 2.28. The first-order valence-electron chi connectivity index (χ1n) is 4.98. The molecule has 17 heavy (non-hydrogen) atoms. The number of aromatic carboxylic acids is 1. The molecule has 0 aliphatic rings. The summed E-state index contributed by atoms with van der Waals surface area (Å²) in [5.41, 5.74) is 0.718. The number of fused-ring (bicyclic) bond motifs is 1. The van der Waals surface area contributed by atoms with E-state index in [1.54, 1.807) is 19.1 Å². The minimum absolute atomic E-state index is 0.147. The number of hydrogen-bond donors (Lipinski definition) is 2. The van der Waals surface area contributed by atoms with Crippen LogP contribution in [0.15, 0.2) is 23.0 Å². The van der Waals surface area contributed by atoms with Crippen molar-refractivity contribution < 1.29 is 14.6 Å². The second-order valence-electron chi connectivity index (χ2n) is 3.69. The van der Waals surface area contributed by atoms with E-state index in [2.05, 4.69) is 4.98 Å². The zero-order chi connectivity index (χ0) is 12.6. The molecule has 5 nitrogen and oxygen atoms in total. The Labute approximate surface area is 96.7 Å². The first-order valence-corrected chi connectivity index (χ1v) is 4.98. The molecule has 0 amide bonds. The Morgan fingerprint density at radius 3 is 2.71 bits per heavy atom. The van der Waals surface area contributed by atoms with E-state index in [1.807, 2.05) is 0 Å². The van der Waals surface area contributed by atoms with Crippen LogP contribution in [0.4, 0.5) is 0 Å². The molecule has 2 rings (SSSR count). The highest BCUT2D eigenvalue weighted by molar-refractivity contribution is 5.93. The van der Waals surface area contributed by atoms with Gasteiger partial charge in [0.2, 0.25) is 0 Å². The van der Waals surface area contributed by atoms with Crippen LogP contribution in [0.3, 0.4) is 0 Å². The summed E-state index contributed by atoms with van der Waals surface area (Å²) < 4.78 is 5.11. The summed E-state index contributed by atoms with van der Waals surface area (Å²) >= 11 is 0. The third-order valence-corrected chi connectivity index (χ3v) is 2.61. The van der Waals surface area contributed by atoms with E-state index in [4.69, 9.17) is 9.84 Å². The topological polar surface area (TPSA) is 79.4 Å². The summed E-state index contributed by atoms with van der Waals surface area (Å²) in [6.07, 6.45) is 0. The van der Waals surface area contributed by atoms with Crippen LogP contribution in [-0.4, -0.2) is 23.2 Å². The standard InChI is InChI=1S/C12H11NO4/c1-6-3-4-9(17-2)11-10(6)8(14)5-7(13-11)12(15)16/h3-5H,1-2H3,(H,13,14)(H,15,16). The van der Waals surface area contributed by atoms with Gasteiger partial charge in [0, 0.05) is 6.07 Å². The number of pyridine rings is 1. The number of rotatable bonds is 2. The zero-order valence-electron chi connectivity index (χ0n) is 9.40. The van der Waals surface area contributed by atoms with Crippen molar-refractivity contribution in [3.8, 4) is 5.75 Å². The summed E-state index contributed by atoms with van der Waals surface area (Å²) in [6.45, 7) is 1.79. The molecule has 1 aromatic carbocycles. The van der Waals surface area contributed by atoms with Gasteiger partial charge < -0.3 is 14.8 Å². The maximum Gasteiger partial charge on any atom is 0.352 e. The van der Waals surface area contributed by atoms with E-state index in [1.165, 1.54) is 7.11 Å². The minimum atomic E-state index is -1.17. The van der Waals surface area contributed by atoms with Crippen molar-refractivity contribution >= 4 is 16.9 Å². The van der Waals surface area contributed by atoms with E-state index in [-0.39, 0.29) is 11.1 Å². The van der Waals surface area contributed by atoms with Crippen LogP contribution >= 0.6 is 0 Å². The molecular weight excluding hydrogens is 222 g/mol. The summed E-state index contributed by atoms with van der Waals surface area (Å²) in [6, 6.07) is 4.53. The van der Waals surface area contributed by atoms with Gasteiger partial charge in [-0.25, -0.2) is 4.79 Å². The van der Waals surface area contributed by atoms with Gasteiger partial charge in [0.15, 0.2) is 5.43 Å². The normalized spacial score (nSPS) is 10.5. The number of aryl methyl sites for hydroxylation is 1. The van der Waals surface area contributed by atoms with Gasteiger partial charge in [-0.2, -0.15) is 0 Å². The van der Waals surface area contributed by atoms with E-state index in [0.717, 1.165) is 11.6 Å². The maximum absolute atomic E-state index is 11.9. The summed E-state index contributed by atoms with van der Waals surface area (Å²) in [7, 11) is 1.47. The lowest BCUT2D eigenvalue weighted by atomic mass is 10.1. The zero-order valence-corrected chi connectivity index (χ0v) is 9.40. The number of hydrogen-bond acceptors (Lipinski definition) is 3. The number of ether oxygens (including phenoxy) is 1. The van der Waals surface area contributed by atoms with Crippen molar-refractivity contribution in [1.29, 1.82) is 0 Å². The fourth-order valence-corrected chi connectivity index (χ4v) is 1.79. The van der Waals surface area contributed by atoms with Crippen molar-refractivity contribution in [1.82, 2.24) is 4.98 Å². The molecule has 0 saturated heterocycles. The number of carboxylic acid groups (broad SMARTS) is 1. The molecule has 2 N–H and O–H groups in total. The van der Waals surface area contributed by atoms with E-state index in [0.29, 0.717) is 16.7 Å². The lowest BCUT2D eigenvalue weighted by Crippen LogP contribution is -2.11. The van der Waals surface area contributed by atoms with Gasteiger partial charge in [0.1, 0.15) is 11.4 Å². The first-order chi connectivity index (χ1) is 8.04. The van der Waals surface area contributed by atoms with E-state index >= 15 is 0 Å². The summed E-state index contributed by atoms with van der Waals surface area (Å²) in [4.78, 5) is 25.4. The number of benzene rings is 1. The average molecular weight is 233 g/mol. The molecule has 5 heteroatoms. The molecule has 0 spiro atoms. The molecule has 1 heterocycles. The minimum Gasteiger partial charge on any atom is -0.495 e. The number of aromatic amines is 1. The van der Waals surface area contributed by atoms with Crippen LogP contribution in [0.2, 0.25) is 0 Å². The van der Waals surface area contributed by atoms with Crippen LogP contribution in [0, 0.1) is 6.92 Å². The molecule has 0 atom stereocenters. The van der Waals surface area contributed by atoms with Gasteiger partial charge in [-0.05, 0) is 18.6 Å². The van der Waals surface area contributed by atoms with Gasteiger partial charge >= 0.3 is 5.97 Å². The molecule has 0 fully saturated rings. The molecule has 0 aliphatic carbocycles. The Hall–Kier alpha value is -2.30. The molecule has 0 saturated carbocycles. The first kappa shape index (κ1) is 11.2. The van der Waals surface area contributed by atoms with Crippen LogP contribution in [0.25, 0.3) is 10.9 Å². The number of carbonyl (C=O) groups is 1. The van der Waals surface area contributed by atoms with Crippen molar-refractivity contribution in [2.75, 3.05) is 7.11 Å². The van der Waals surface area contributed by atoms with Crippen LogP contribution < -0.4 is 10.2 Å². The molecule has 0 unspecified atom stereocenters. The number of aromatic nitrogens is 1. The molecule has 0 bridgehead atoms. The number of H-pyrrole nitrogens is 1. The van der Waals surface area contributed by atoms with Crippen molar-refractivity contribution in [3.05, 3.63) is 39.7 Å². The highest BCUT2D eigenvalue weighted by atomic mass is 16.5. The Bertz CT molecular complexity index is 657. The molecule has 0 radical (unpaired) electrons. The van der Waals surface area contributed by atoms with E-state index in [9.17, 15) is 9.59 Å². The number of methoxy groups -OCH3 is 1. The van der Waals surface area contributed by atoms with Crippen molar-refractivity contribution in [3.63, 3.8) is 0 Å². The third kappa shape index (κ3) is 1.75. The SMILES string of the molecule is COc1ccc(C)c2c(=O)cc(C(=O)O)[nH]c12. The molecule has 1 aromatic heterocycles. The van der Waals surface area contributed by atoms with E-state index < -0.39 is 5.97 Å². The quantitative estimate of drug-likeness (QED) is 0.824. The second kappa shape index (κ2) is 3.93. The monoisotopic (exact) mass is 233 g/mol. The Morgan fingerprint density at radius 1 is 1.41 bits per heavy atom. The highest BCUT2D eigenvalue weighted by Crippen LogP contribution is 2.24. The van der Waals surface area contributed by atoms with Crippen molar-refractivity contribution in [2.24, 2.45) is 0 Å². The lowest BCUT2D eigenvalue weighted by Gasteiger charge is -2.08. The summed E-state index contributed by atoms with van der Waals surface area (Å²) in [5, 5.41) is 9.34. The van der Waals surface area contributed by atoms with Gasteiger partial charge in [-0.1, -0.05) is 6.07 Å². The molecular formula is C12H11NO4. The molecule has 2 aromatic rings. The number of carboxylic acids is 1. The van der Waals surface area contributed by atoms with Gasteiger partial charge in [0.05, 0.1) is 18.0 Å². The van der Waals surface area contributed by atoms with Gasteiger partial charge in [-0.3, -0.25) is 4.79 Å². The highest BCUT2D eigenvalue weighted by Gasteiger charge is 2.12. The number of nitrogens with one attached hydrogen (secondary N) is 1. The summed E-state index contributed by atoms with van der Waals surface area (Å²) in [5.74, 6) is -0.724. The van der Waals surface area contributed by atoms with Crippen LogP contribution in [-0.2, 0) is 0 Å². The molecule has 0 aliphatic heterocycles. The Morgan fingerprint density at radius 2 is 2.12 bits per heavy atom. The maximum atomic E-state index is 11.9. The Balaban J connectivity index is 2.95. The molecule has 88 valence electrons. The predicted octanol–water partition coefficient (Wildman–Crippen LogP) is 1.54. The van der Waals surface area contributed by atoms with Gasteiger partial charge in [-0.15, -0.1) is 0 Å². The smallest absolute Gasteiger partial charge is 0.352 e. The Kier molecular flexibility index (Phi) is 2.59. The largest absolute Gasteiger partial charge is 0.495 e. The van der Waals surface area contributed by atoms with Crippen LogP contribution in [0.1, 0.15) is 16.1 Å². The van der Waals surface area contributed by atoms with Gasteiger partial charge in [0.25, 0.3) is 0 Å². The lowest BCUT2D eigenvalue weighted by molar-refractivity contribution is 0.0691.